The zero-order chi connectivity index (χ0) is 13.1. The lowest BCUT2D eigenvalue weighted by atomic mass is 10.2. The summed E-state index contributed by atoms with van der Waals surface area (Å²) < 4.78 is 13.5. The van der Waals surface area contributed by atoms with Crippen LogP contribution in [0.2, 0.25) is 0 Å². The summed E-state index contributed by atoms with van der Waals surface area (Å²) in [6, 6.07) is 6.83. The monoisotopic (exact) mass is 310 g/mol. The van der Waals surface area contributed by atoms with E-state index in [4.69, 9.17) is 5.26 Å². The fourth-order valence-electron chi connectivity index (χ4n) is 1.81. The molecule has 0 radical (unpaired) electrons. The largest absolute Gasteiger partial charge is 0.334 e. The van der Waals surface area contributed by atoms with Crippen LogP contribution in [0.3, 0.4) is 0 Å². The maximum Gasteiger partial charge on any atom is 0.237 e. The lowest BCUT2D eigenvalue weighted by Gasteiger charge is -2.21. The van der Waals surface area contributed by atoms with Crippen molar-refractivity contribution in [2.45, 2.75) is 31.8 Å². The fourth-order valence-corrected chi connectivity index (χ4v) is 2.24. The van der Waals surface area contributed by atoms with Crippen LogP contribution in [0.4, 0.5) is 4.39 Å². The number of hydrogen-bond acceptors (Lipinski definition) is 2. The average Bonchev–Trinajstić information content (AvgIpc) is 3.15. The van der Waals surface area contributed by atoms with Crippen LogP contribution in [0.15, 0.2) is 22.7 Å². The highest BCUT2D eigenvalue weighted by Crippen LogP contribution is 2.29. The van der Waals surface area contributed by atoms with E-state index in [2.05, 4.69) is 15.9 Å². The summed E-state index contributed by atoms with van der Waals surface area (Å²) in [7, 11) is 0. The molecule has 5 heteroatoms. The van der Waals surface area contributed by atoms with Crippen LogP contribution in [0, 0.1) is 17.1 Å². The molecular weight excluding hydrogens is 299 g/mol. The quantitative estimate of drug-likeness (QED) is 0.858. The minimum Gasteiger partial charge on any atom is -0.334 e. The third-order valence-electron chi connectivity index (χ3n) is 2.88. The van der Waals surface area contributed by atoms with Gasteiger partial charge in [0.1, 0.15) is 12.2 Å². The number of nitrogens with zero attached hydrogens (tertiary/aromatic N) is 2. The van der Waals surface area contributed by atoms with Crippen molar-refractivity contribution in [2.24, 2.45) is 0 Å². The number of carbonyl (C=O) groups is 1. The Balaban J connectivity index is 2.11. The van der Waals surface area contributed by atoms with E-state index in [1.807, 2.05) is 6.07 Å². The van der Waals surface area contributed by atoms with Crippen molar-refractivity contribution < 1.29 is 9.18 Å². The molecule has 0 unspecified atom stereocenters. The molecule has 0 heterocycles. The van der Waals surface area contributed by atoms with Gasteiger partial charge in [-0.3, -0.25) is 4.79 Å². The lowest BCUT2D eigenvalue weighted by Crippen LogP contribution is -2.32. The van der Waals surface area contributed by atoms with Crippen molar-refractivity contribution in [3.8, 4) is 6.07 Å². The van der Waals surface area contributed by atoms with Gasteiger partial charge < -0.3 is 4.90 Å². The summed E-state index contributed by atoms with van der Waals surface area (Å²) in [5.41, 5.74) is 0.862. The van der Waals surface area contributed by atoms with Gasteiger partial charge in [-0.25, -0.2) is 4.39 Å². The summed E-state index contributed by atoms with van der Waals surface area (Å²) in [6.07, 6.45) is 1.87. The minimum atomic E-state index is -0.319. The van der Waals surface area contributed by atoms with Crippen molar-refractivity contribution in [2.75, 3.05) is 0 Å². The van der Waals surface area contributed by atoms with Gasteiger partial charge in [-0.2, -0.15) is 5.26 Å². The number of amides is 1. The molecule has 1 aliphatic rings. The van der Waals surface area contributed by atoms with Crippen LogP contribution < -0.4 is 0 Å². The summed E-state index contributed by atoms with van der Waals surface area (Å²) in [5, 5.41) is 8.58. The summed E-state index contributed by atoms with van der Waals surface area (Å²) in [4.78, 5) is 13.5. The molecule has 0 atom stereocenters. The second kappa shape index (κ2) is 5.49. The normalized spacial score (nSPS) is 14.1. The number of rotatable bonds is 4. The Labute approximate surface area is 113 Å². The molecule has 1 amide bonds. The maximum absolute atomic E-state index is 13.1. The molecule has 0 saturated heterocycles. The van der Waals surface area contributed by atoms with Crippen LogP contribution in [0.25, 0.3) is 0 Å². The van der Waals surface area contributed by atoms with Gasteiger partial charge >= 0.3 is 0 Å². The van der Waals surface area contributed by atoms with Gasteiger partial charge in [-0.05, 0) is 46.5 Å². The first-order chi connectivity index (χ1) is 8.61. The standard InChI is InChI=1S/C13H12BrFN2O/c14-11-7-9(1-4-12(11)15)8-17(10-2-3-10)13(18)5-6-16/h1,4,7,10H,2-3,5,8H2. The molecule has 0 bridgehead atoms. The minimum absolute atomic E-state index is 0.0983. The number of carbonyl (C=O) groups excluding carboxylic acids is 1. The van der Waals surface area contributed by atoms with Crippen molar-refractivity contribution in [1.29, 1.82) is 5.26 Å². The topological polar surface area (TPSA) is 44.1 Å². The van der Waals surface area contributed by atoms with E-state index in [1.165, 1.54) is 6.07 Å². The number of halogens is 2. The van der Waals surface area contributed by atoms with Gasteiger partial charge in [-0.1, -0.05) is 6.07 Å². The second-order valence-electron chi connectivity index (χ2n) is 4.34. The predicted octanol–water partition coefficient (Wildman–Crippen LogP) is 2.99. The molecule has 94 valence electrons. The van der Waals surface area contributed by atoms with Crippen LogP contribution in [-0.4, -0.2) is 16.8 Å². The molecule has 0 N–H and O–H groups in total. The van der Waals surface area contributed by atoms with Crippen LogP contribution in [-0.2, 0) is 11.3 Å². The van der Waals surface area contributed by atoms with Crippen molar-refractivity contribution in [1.82, 2.24) is 4.90 Å². The Bertz CT molecular complexity index is 508. The van der Waals surface area contributed by atoms with E-state index in [1.54, 1.807) is 17.0 Å². The van der Waals surface area contributed by atoms with Crippen molar-refractivity contribution in [3.63, 3.8) is 0 Å². The van der Waals surface area contributed by atoms with Gasteiger partial charge in [0.2, 0.25) is 5.91 Å². The van der Waals surface area contributed by atoms with E-state index >= 15 is 0 Å². The highest BCUT2D eigenvalue weighted by molar-refractivity contribution is 9.10. The first-order valence-corrected chi connectivity index (χ1v) is 6.51. The molecule has 1 aromatic carbocycles. The third-order valence-corrected chi connectivity index (χ3v) is 3.48. The SMILES string of the molecule is N#CCC(=O)N(Cc1ccc(F)c(Br)c1)C1CC1. The van der Waals surface area contributed by atoms with Crippen LogP contribution >= 0.6 is 15.9 Å². The maximum atomic E-state index is 13.1. The molecule has 2 rings (SSSR count). The predicted molar refractivity (Wildman–Crippen MR) is 67.9 cm³/mol. The van der Waals surface area contributed by atoms with Gasteiger partial charge in [0.25, 0.3) is 0 Å². The summed E-state index contributed by atoms with van der Waals surface area (Å²) in [5.74, 6) is -0.472. The second-order valence-corrected chi connectivity index (χ2v) is 5.19. The Morgan fingerprint density at radius 1 is 1.56 bits per heavy atom. The smallest absolute Gasteiger partial charge is 0.237 e. The first-order valence-electron chi connectivity index (χ1n) is 5.72. The highest BCUT2D eigenvalue weighted by Gasteiger charge is 2.32. The summed E-state index contributed by atoms with van der Waals surface area (Å²) >= 11 is 3.13. The van der Waals surface area contributed by atoms with E-state index in [0.29, 0.717) is 11.0 Å². The zero-order valence-corrected chi connectivity index (χ0v) is 11.3. The first kappa shape index (κ1) is 13.0. The van der Waals surface area contributed by atoms with Gasteiger partial charge in [0.05, 0.1) is 10.5 Å². The number of benzene rings is 1. The van der Waals surface area contributed by atoms with E-state index < -0.39 is 0 Å². The Hall–Kier alpha value is -1.41. The molecule has 1 fully saturated rings. The molecule has 0 spiro atoms. The van der Waals surface area contributed by atoms with Crippen LogP contribution in [0.5, 0.6) is 0 Å². The molecular formula is C13H12BrFN2O. The average molecular weight is 311 g/mol. The van der Waals surface area contributed by atoms with Gasteiger partial charge in [0, 0.05) is 12.6 Å². The molecule has 0 aromatic heterocycles. The Morgan fingerprint density at radius 3 is 2.83 bits per heavy atom. The molecule has 3 nitrogen and oxygen atoms in total. The Kier molecular flexibility index (Phi) is 3.97. The lowest BCUT2D eigenvalue weighted by molar-refractivity contribution is -0.131. The van der Waals surface area contributed by atoms with Crippen molar-refractivity contribution >= 4 is 21.8 Å². The van der Waals surface area contributed by atoms with Crippen molar-refractivity contribution in [3.05, 3.63) is 34.1 Å². The fraction of sp³-hybridized carbons (Fsp3) is 0.385. The molecule has 0 aliphatic heterocycles. The van der Waals surface area contributed by atoms with Gasteiger partial charge in [0.15, 0.2) is 0 Å². The third kappa shape index (κ3) is 3.08. The molecule has 1 aromatic rings. The molecule has 1 saturated carbocycles. The van der Waals surface area contributed by atoms with Gasteiger partial charge in [-0.15, -0.1) is 0 Å². The summed E-state index contributed by atoms with van der Waals surface area (Å²) in [6.45, 7) is 0.435. The Morgan fingerprint density at radius 2 is 2.28 bits per heavy atom. The molecule has 1 aliphatic carbocycles. The van der Waals surface area contributed by atoms with E-state index in [9.17, 15) is 9.18 Å². The van der Waals surface area contributed by atoms with Crippen LogP contribution in [0.1, 0.15) is 24.8 Å². The van der Waals surface area contributed by atoms with E-state index in [0.717, 1.165) is 18.4 Å². The zero-order valence-electron chi connectivity index (χ0n) is 9.70. The highest BCUT2D eigenvalue weighted by atomic mass is 79.9. The number of hydrogen-bond donors (Lipinski definition) is 0. The van der Waals surface area contributed by atoms with E-state index in [-0.39, 0.29) is 24.2 Å². The number of nitriles is 1. The molecule has 18 heavy (non-hydrogen) atoms.